The predicted molar refractivity (Wildman–Crippen MR) is 190 cm³/mol. The molecule has 2 nitrogen and oxygen atoms in total. The smallest absolute Gasteiger partial charge is 0.0619 e. The van der Waals surface area contributed by atoms with E-state index in [-0.39, 0.29) is 5.41 Å². The number of rotatable bonds is 2. The molecule has 0 radical (unpaired) electrons. The van der Waals surface area contributed by atoms with Crippen molar-refractivity contribution in [2.24, 2.45) is 0 Å². The minimum Gasteiger partial charge on any atom is -0.309 e. The standard InChI is InChI=1S/C43H30N2/c1-43(2)37-18-10-8-16-31(37)32-23-21-29(24-38(32)43)44-39-19-11-9-17-33(39)35-25-36-34-22-20-27-12-6-7-15-30(27)42(34)45(41(36)26-40(35)44)28-13-4-3-5-14-28/h3-26H,1-2H3. The summed E-state index contributed by atoms with van der Waals surface area (Å²) in [4.78, 5) is 0. The van der Waals surface area contributed by atoms with Crippen molar-refractivity contribution in [2.75, 3.05) is 0 Å². The van der Waals surface area contributed by atoms with E-state index >= 15 is 0 Å². The summed E-state index contributed by atoms with van der Waals surface area (Å²) in [5.74, 6) is 0. The monoisotopic (exact) mass is 574 g/mol. The van der Waals surface area contributed by atoms with Crippen molar-refractivity contribution >= 4 is 54.4 Å². The zero-order chi connectivity index (χ0) is 29.9. The maximum atomic E-state index is 2.48. The van der Waals surface area contributed by atoms with Gasteiger partial charge in [-0.3, -0.25) is 0 Å². The third kappa shape index (κ3) is 3.24. The van der Waals surface area contributed by atoms with E-state index in [0.717, 1.165) is 0 Å². The number of hydrogen-bond acceptors (Lipinski definition) is 0. The topological polar surface area (TPSA) is 9.86 Å². The molecule has 0 saturated heterocycles. The van der Waals surface area contributed by atoms with Gasteiger partial charge in [0.1, 0.15) is 0 Å². The minimum absolute atomic E-state index is 0.0608. The van der Waals surface area contributed by atoms with Crippen molar-refractivity contribution in [1.29, 1.82) is 0 Å². The predicted octanol–water partition coefficient (Wildman–Crippen LogP) is 11.3. The molecule has 0 fully saturated rings. The zero-order valence-corrected chi connectivity index (χ0v) is 25.3. The average Bonchev–Trinajstić information content (AvgIpc) is 3.67. The lowest BCUT2D eigenvalue weighted by atomic mass is 9.82. The van der Waals surface area contributed by atoms with Crippen LogP contribution < -0.4 is 0 Å². The second-order valence-corrected chi connectivity index (χ2v) is 13.0. The van der Waals surface area contributed by atoms with E-state index in [9.17, 15) is 0 Å². The molecule has 0 saturated carbocycles. The molecule has 2 heterocycles. The first-order chi connectivity index (χ1) is 22.1. The molecule has 9 aromatic rings. The van der Waals surface area contributed by atoms with E-state index in [1.807, 2.05) is 0 Å². The van der Waals surface area contributed by atoms with Gasteiger partial charge in [0.15, 0.2) is 0 Å². The molecule has 1 aliphatic carbocycles. The average molecular weight is 575 g/mol. The lowest BCUT2D eigenvalue weighted by Gasteiger charge is -2.22. The van der Waals surface area contributed by atoms with Crippen LogP contribution >= 0.6 is 0 Å². The fourth-order valence-corrected chi connectivity index (χ4v) is 8.19. The van der Waals surface area contributed by atoms with Crippen LogP contribution in [0.1, 0.15) is 25.0 Å². The molecule has 7 aromatic carbocycles. The molecule has 2 heteroatoms. The maximum absolute atomic E-state index is 2.48. The fourth-order valence-electron chi connectivity index (χ4n) is 8.19. The lowest BCUT2D eigenvalue weighted by Crippen LogP contribution is -2.15. The maximum Gasteiger partial charge on any atom is 0.0619 e. The van der Waals surface area contributed by atoms with Crippen molar-refractivity contribution in [3.8, 4) is 22.5 Å². The summed E-state index contributed by atoms with van der Waals surface area (Å²) in [6.45, 7) is 4.72. The Morgan fingerprint density at radius 2 is 1.09 bits per heavy atom. The Labute approximate surface area is 261 Å². The van der Waals surface area contributed by atoms with Crippen molar-refractivity contribution in [3.05, 3.63) is 157 Å². The summed E-state index contributed by atoms with van der Waals surface area (Å²) in [6.07, 6.45) is 0. The molecule has 0 unspecified atom stereocenters. The molecule has 0 amide bonds. The van der Waals surface area contributed by atoms with Crippen LogP contribution in [0, 0.1) is 0 Å². The van der Waals surface area contributed by atoms with Crippen molar-refractivity contribution in [2.45, 2.75) is 19.3 Å². The van der Waals surface area contributed by atoms with Gasteiger partial charge in [0, 0.05) is 43.7 Å². The summed E-state index contributed by atoms with van der Waals surface area (Å²) >= 11 is 0. The van der Waals surface area contributed by atoms with Gasteiger partial charge >= 0.3 is 0 Å². The quantitative estimate of drug-likeness (QED) is 0.194. The normalized spacial score (nSPS) is 13.7. The number of nitrogens with zero attached hydrogens (tertiary/aromatic N) is 2. The van der Waals surface area contributed by atoms with Gasteiger partial charge in [-0.05, 0) is 70.1 Å². The van der Waals surface area contributed by atoms with Gasteiger partial charge < -0.3 is 9.13 Å². The number of benzene rings is 7. The van der Waals surface area contributed by atoms with Crippen molar-refractivity contribution in [1.82, 2.24) is 9.13 Å². The first-order valence-corrected chi connectivity index (χ1v) is 15.8. The molecule has 1 aliphatic rings. The second-order valence-electron chi connectivity index (χ2n) is 13.0. The molecular weight excluding hydrogens is 544 g/mol. The Kier molecular flexibility index (Phi) is 4.82. The summed E-state index contributed by atoms with van der Waals surface area (Å²) in [6, 6.07) is 53.9. The number of para-hydroxylation sites is 2. The van der Waals surface area contributed by atoms with Crippen LogP contribution in [0.15, 0.2) is 146 Å². The van der Waals surface area contributed by atoms with Crippen LogP contribution in [0.2, 0.25) is 0 Å². The highest BCUT2D eigenvalue weighted by atomic mass is 15.0. The first-order valence-electron chi connectivity index (χ1n) is 15.8. The van der Waals surface area contributed by atoms with Gasteiger partial charge in [0.05, 0.1) is 22.1 Å². The Morgan fingerprint density at radius 3 is 1.98 bits per heavy atom. The van der Waals surface area contributed by atoms with E-state index in [0.29, 0.717) is 0 Å². The van der Waals surface area contributed by atoms with Crippen molar-refractivity contribution < 1.29 is 0 Å². The van der Waals surface area contributed by atoms with Crippen LogP contribution in [-0.4, -0.2) is 9.13 Å². The number of fused-ring (bicyclic) bond motifs is 11. The second kappa shape index (κ2) is 8.74. The molecule has 0 N–H and O–H groups in total. The van der Waals surface area contributed by atoms with Gasteiger partial charge in [0.2, 0.25) is 0 Å². The fraction of sp³-hybridized carbons (Fsp3) is 0.0698. The Balaban J connectivity index is 1.34. The highest BCUT2D eigenvalue weighted by Crippen LogP contribution is 2.49. The van der Waals surface area contributed by atoms with Crippen LogP contribution in [0.3, 0.4) is 0 Å². The summed E-state index contributed by atoms with van der Waals surface area (Å²) in [7, 11) is 0. The molecular formula is C43H30N2. The third-order valence-corrected chi connectivity index (χ3v) is 10.3. The van der Waals surface area contributed by atoms with Crippen LogP contribution in [-0.2, 0) is 5.41 Å². The SMILES string of the molecule is CC1(C)c2ccccc2-c2ccc(-n3c4ccccc4c4cc5c6ccc7ccccc7c6n(-c6ccccc6)c5cc43)cc21. The van der Waals surface area contributed by atoms with Crippen molar-refractivity contribution in [3.63, 3.8) is 0 Å². The van der Waals surface area contributed by atoms with E-state index in [1.54, 1.807) is 0 Å². The largest absolute Gasteiger partial charge is 0.309 e. The first kappa shape index (κ1) is 24.8. The Hall–Kier alpha value is -5.60. The van der Waals surface area contributed by atoms with Gasteiger partial charge in [0.25, 0.3) is 0 Å². The third-order valence-electron chi connectivity index (χ3n) is 10.3. The Bertz CT molecular complexity index is 2670. The van der Waals surface area contributed by atoms with Crippen LogP contribution in [0.4, 0.5) is 0 Å². The summed E-state index contributed by atoms with van der Waals surface area (Å²) < 4.78 is 4.95. The molecule has 0 atom stereocenters. The lowest BCUT2D eigenvalue weighted by molar-refractivity contribution is 0.660. The van der Waals surface area contributed by atoms with E-state index in [1.165, 1.54) is 88.0 Å². The molecule has 10 rings (SSSR count). The van der Waals surface area contributed by atoms with E-state index in [4.69, 9.17) is 0 Å². The highest BCUT2D eigenvalue weighted by molar-refractivity contribution is 6.23. The molecule has 0 spiro atoms. The highest BCUT2D eigenvalue weighted by Gasteiger charge is 2.35. The molecule has 45 heavy (non-hydrogen) atoms. The van der Waals surface area contributed by atoms with Gasteiger partial charge in [-0.2, -0.15) is 0 Å². The van der Waals surface area contributed by atoms with E-state index < -0.39 is 0 Å². The summed E-state index contributed by atoms with van der Waals surface area (Å²) in [5, 5.41) is 7.64. The summed E-state index contributed by atoms with van der Waals surface area (Å²) in [5.41, 5.74) is 12.7. The number of aromatic nitrogens is 2. The minimum atomic E-state index is -0.0608. The molecule has 0 bridgehead atoms. The molecule has 0 aliphatic heterocycles. The van der Waals surface area contributed by atoms with Crippen LogP contribution in [0.25, 0.3) is 76.9 Å². The molecule has 2 aromatic heterocycles. The van der Waals surface area contributed by atoms with Gasteiger partial charge in [-0.1, -0.05) is 117 Å². The van der Waals surface area contributed by atoms with Gasteiger partial charge in [-0.15, -0.1) is 0 Å². The zero-order valence-electron chi connectivity index (χ0n) is 25.3. The Morgan fingerprint density at radius 1 is 0.400 bits per heavy atom. The molecule has 212 valence electrons. The van der Waals surface area contributed by atoms with Gasteiger partial charge in [-0.25, -0.2) is 0 Å². The number of hydrogen-bond donors (Lipinski definition) is 0. The van der Waals surface area contributed by atoms with E-state index in [2.05, 4.69) is 169 Å². The van der Waals surface area contributed by atoms with Crippen LogP contribution in [0.5, 0.6) is 0 Å².